The van der Waals surface area contributed by atoms with Crippen LogP contribution in [0, 0.1) is 0 Å². The number of rotatable bonds is 2. The molecule has 0 radical (unpaired) electrons. The van der Waals surface area contributed by atoms with Crippen molar-refractivity contribution in [2.24, 2.45) is 5.73 Å². The number of nitrogens with two attached hydrogens (primary N) is 1. The summed E-state index contributed by atoms with van der Waals surface area (Å²) in [5.41, 5.74) is 7.14. The van der Waals surface area contributed by atoms with Gasteiger partial charge in [0, 0.05) is 13.2 Å². The molecule has 0 bridgehead atoms. The van der Waals surface area contributed by atoms with E-state index >= 15 is 0 Å². The van der Waals surface area contributed by atoms with E-state index in [1.165, 1.54) is 5.56 Å². The maximum Gasteiger partial charge on any atom is 0.0928 e. The highest BCUT2D eigenvalue weighted by Crippen LogP contribution is 2.39. The molecule has 0 aromatic heterocycles. The first-order chi connectivity index (χ1) is 7.27. The molecular weight excluding hydrogens is 186 g/mol. The second-order valence-corrected chi connectivity index (χ2v) is 4.40. The molecular formula is C13H19NO. The Balaban J connectivity index is 2.23. The molecule has 1 aromatic carbocycles. The van der Waals surface area contributed by atoms with Gasteiger partial charge in [0.2, 0.25) is 0 Å². The van der Waals surface area contributed by atoms with Crippen LogP contribution in [0.5, 0.6) is 0 Å². The Morgan fingerprint density at radius 1 is 1.20 bits per heavy atom. The third kappa shape index (κ3) is 2.06. The van der Waals surface area contributed by atoms with Crippen LogP contribution in [0.3, 0.4) is 0 Å². The van der Waals surface area contributed by atoms with Gasteiger partial charge in [-0.2, -0.15) is 0 Å². The summed E-state index contributed by atoms with van der Waals surface area (Å²) < 4.78 is 5.76. The van der Waals surface area contributed by atoms with Gasteiger partial charge < -0.3 is 10.5 Å². The van der Waals surface area contributed by atoms with Crippen molar-refractivity contribution in [1.29, 1.82) is 0 Å². The SMILES string of the molecule is COC1(c2ccccc2)CCC(N)CC1. The van der Waals surface area contributed by atoms with E-state index in [2.05, 4.69) is 24.3 Å². The Morgan fingerprint density at radius 3 is 2.33 bits per heavy atom. The first-order valence-electron chi connectivity index (χ1n) is 5.63. The molecule has 0 unspecified atom stereocenters. The lowest BCUT2D eigenvalue weighted by atomic mass is 9.78. The number of hydrogen-bond donors (Lipinski definition) is 1. The second kappa shape index (κ2) is 4.33. The molecule has 2 heteroatoms. The summed E-state index contributed by atoms with van der Waals surface area (Å²) in [6.07, 6.45) is 4.19. The van der Waals surface area contributed by atoms with Gasteiger partial charge >= 0.3 is 0 Å². The summed E-state index contributed by atoms with van der Waals surface area (Å²) in [5, 5.41) is 0. The van der Waals surface area contributed by atoms with Crippen molar-refractivity contribution in [3.05, 3.63) is 35.9 Å². The van der Waals surface area contributed by atoms with Crippen molar-refractivity contribution in [2.75, 3.05) is 7.11 Å². The van der Waals surface area contributed by atoms with Gasteiger partial charge in [0.1, 0.15) is 0 Å². The summed E-state index contributed by atoms with van der Waals surface area (Å²) >= 11 is 0. The number of benzene rings is 1. The minimum Gasteiger partial charge on any atom is -0.374 e. The van der Waals surface area contributed by atoms with Crippen LogP contribution in [0.15, 0.2) is 30.3 Å². The van der Waals surface area contributed by atoms with E-state index in [9.17, 15) is 0 Å². The van der Waals surface area contributed by atoms with Gasteiger partial charge in [-0.25, -0.2) is 0 Å². The van der Waals surface area contributed by atoms with Crippen LogP contribution in [0.1, 0.15) is 31.2 Å². The largest absolute Gasteiger partial charge is 0.374 e. The van der Waals surface area contributed by atoms with E-state index in [0.717, 1.165) is 25.7 Å². The Bertz CT molecular complexity index is 302. The van der Waals surface area contributed by atoms with Crippen molar-refractivity contribution < 1.29 is 4.74 Å². The fourth-order valence-electron chi connectivity index (χ4n) is 2.46. The molecule has 0 heterocycles. The fourth-order valence-corrected chi connectivity index (χ4v) is 2.46. The number of methoxy groups -OCH3 is 1. The molecule has 82 valence electrons. The van der Waals surface area contributed by atoms with Crippen LogP contribution in [-0.2, 0) is 10.3 Å². The predicted molar refractivity (Wildman–Crippen MR) is 61.6 cm³/mol. The van der Waals surface area contributed by atoms with Crippen LogP contribution in [-0.4, -0.2) is 13.2 Å². The Hall–Kier alpha value is -0.860. The van der Waals surface area contributed by atoms with Gasteiger partial charge in [0.05, 0.1) is 5.60 Å². The Kier molecular flexibility index (Phi) is 3.08. The summed E-state index contributed by atoms with van der Waals surface area (Å²) in [7, 11) is 1.81. The highest BCUT2D eigenvalue weighted by Gasteiger charge is 2.35. The third-order valence-electron chi connectivity index (χ3n) is 3.53. The molecule has 2 nitrogen and oxygen atoms in total. The van der Waals surface area contributed by atoms with Crippen molar-refractivity contribution >= 4 is 0 Å². The molecule has 1 aliphatic rings. The standard InChI is InChI=1S/C13H19NO/c1-15-13(9-7-12(14)8-10-13)11-5-3-2-4-6-11/h2-6,12H,7-10,14H2,1H3. The highest BCUT2D eigenvalue weighted by atomic mass is 16.5. The van der Waals surface area contributed by atoms with E-state index in [1.54, 1.807) is 0 Å². The van der Waals surface area contributed by atoms with E-state index < -0.39 is 0 Å². The maximum absolute atomic E-state index is 5.93. The topological polar surface area (TPSA) is 35.2 Å². The second-order valence-electron chi connectivity index (χ2n) is 4.40. The van der Waals surface area contributed by atoms with Crippen LogP contribution in [0.2, 0.25) is 0 Å². The van der Waals surface area contributed by atoms with Gasteiger partial charge in [-0.1, -0.05) is 30.3 Å². The quantitative estimate of drug-likeness (QED) is 0.804. The molecule has 2 rings (SSSR count). The van der Waals surface area contributed by atoms with E-state index in [1.807, 2.05) is 13.2 Å². The Labute approximate surface area is 91.4 Å². The van der Waals surface area contributed by atoms with Gasteiger partial charge in [-0.15, -0.1) is 0 Å². The van der Waals surface area contributed by atoms with Crippen molar-refractivity contribution in [1.82, 2.24) is 0 Å². The zero-order valence-electron chi connectivity index (χ0n) is 9.28. The van der Waals surface area contributed by atoms with Crippen LogP contribution >= 0.6 is 0 Å². The van der Waals surface area contributed by atoms with Crippen molar-refractivity contribution in [3.63, 3.8) is 0 Å². The molecule has 0 atom stereocenters. The summed E-state index contributed by atoms with van der Waals surface area (Å²) in [5.74, 6) is 0. The van der Waals surface area contributed by atoms with Crippen molar-refractivity contribution in [2.45, 2.75) is 37.3 Å². The van der Waals surface area contributed by atoms with E-state index in [4.69, 9.17) is 10.5 Å². The molecule has 1 saturated carbocycles. The zero-order chi connectivity index (χ0) is 10.7. The monoisotopic (exact) mass is 205 g/mol. The first kappa shape index (κ1) is 10.7. The van der Waals surface area contributed by atoms with Crippen LogP contribution < -0.4 is 5.73 Å². The lowest BCUT2D eigenvalue weighted by Crippen LogP contribution is -2.38. The van der Waals surface area contributed by atoms with Crippen LogP contribution in [0.4, 0.5) is 0 Å². The van der Waals surface area contributed by atoms with Gasteiger partial charge in [0.15, 0.2) is 0 Å². The smallest absolute Gasteiger partial charge is 0.0928 e. The first-order valence-corrected chi connectivity index (χ1v) is 5.63. The van der Waals surface area contributed by atoms with Gasteiger partial charge in [-0.05, 0) is 31.2 Å². The summed E-state index contributed by atoms with van der Waals surface area (Å²) in [6, 6.07) is 10.9. The fraction of sp³-hybridized carbons (Fsp3) is 0.538. The number of hydrogen-bond acceptors (Lipinski definition) is 2. The Morgan fingerprint density at radius 2 is 1.80 bits per heavy atom. The average molecular weight is 205 g/mol. The van der Waals surface area contributed by atoms with Crippen LogP contribution in [0.25, 0.3) is 0 Å². The molecule has 1 fully saturated rings. The molecule has 0 spiro atoms. The molecule has 15 heavy (non-hydrogen) atoms. The van der Waals surface area contributed by atoms with Gasteiger partial charge in [0.25, 0.3) is 0 Å². The minimum atomic E-state index is -0.0862. The predicted octanol–water partition coefficient (Wildman–Crippen LogP) is 2.43. The van der Waals surface area contributed by atoms with Gasteiger partial charge in [-0.3, -0.25) is 0 Å². The lowest BCUT2D eigenvalue weighted by Gasteiger charge is -2.38. The third-order valence-corrected chi connectivity index (χ3v) is 3.53. The molecule has 1 aromatic rings. The molecule has 2 N–H and O–H groups in total. The highest BCUT2D eigenvalue weighted by molar-refractivity contribution is 5.23. The maximum atomic E-state index is 5.93. The summed E-state index contributed by atoms with van der Waals surface area (Å²) in [4.78, 5) is 0. The zero-order valence-corrected chi connectivity index (χ0v) is 9.28. The normalized spacial score (nSPS) is 31.5. The lowest BCUT2D eigenvalue weighted by molar-refractivity contribution is -0.0476. The molecule has 1 aliphatic carbocycles. The van der Waals surface area contributed by atoms with E-state index in [0.29, 0.717) is 6.04 Å². The molecule has 0 aliphatic heterocycles. The summed E-state index contributed by atoms with van der Waals surface area (Å²) in [6.45, 7) is 0. The minimum absolute atomic E-state index is 0.0862. The molecule has 0 amide bonds. The number of ether oxygens (including phenoxy) is 1. The van der Waals surface area contributed by atoms with Crippen molar-refractivity contribution in [3.8, 4) is 0 Å². The average Bonchev–Trinajstić information content (AvgIpc) is 2.32. The molecule has 0 saturated heterocycles. The van der Waals surface area contributed by atoms with E-state index in [-0.39, 0.29) is 5.60 Å².